The van der Waals surface area contributed by atoms with Gasteiger partial charge in [-0.15, -0.1) is 0 Å². The zero-order chi connectivity index (χ0) is 14.4. The van der Waals surface area contributed by atoms with E-state index in [1.54, 1.807) is 7.11 Å². The number of furan rings is 1. The molecule has 1 fully saturated rings. The predicted octanol–water partition coefficient (Wildman–Crippen LogP) is 3.47. The second kappa shape index (κ2) is 4.43. The number of methoxy groups -OCH3 is 1. The van der Waals surface area contributed by atoms with E-state index in [4.69, 9.17) is 13.7 Å². The lowest BCUT2D eigenvalue weighted by Gasteiger charge is -2.06. The normalized spacial score (nSPS) is 16.5. The van der Waals surface area contributed by atoms with Gasteiger partial charge in [-0.3, -0.25) is 0 Å². The van der Waals surface area contributed by atoms with E-state index in [1.807, 2.05) is 18.2 Å². The van der Waals surface area contributed by atoms with Gasteiger partial charge in [0, 0.05) is 12.5 Å². The summed E-state index contributed by atoms with van der Waals surface area (Å²) < 4.78 is 16.5. The molecule has 0 saturated heterocycles. The second-order valence-electron chi connectivity index (χ2n) is 5.79. The molecule has 3 aromatic rings. The van der Waals surface area contributed by atoms with Crippen molar-refractivity contribution in [2.24, 2.45) is 0 Å². The predicted molar refractivity (Wildman–Crippen MR) is 77.0 cm³/mol. The van der Waals surface area contributed by atoms with Gasteiger partial charge in [0.25, 0.3) is 0 Å². The van der Waals surface area contributed by atoms with Crippen molar-refractivity contribution in [1.29, 1.82) is 0 Å². The molecule has 0 radical (unpaired) electrons. The summed E-state index contributed by atoms with van der Waals surface area (Å²) in [6, 6.07) is 8.01. The Kier molecular flexibility index (Phi) is 2.65. The van der Waals surface area contributed by atoms with Crippen molar-refractivity contribution in [3.05, 3.63) is 35.7 Å². The summed E-state index contributed by atoms with van der Waals surface area (Å²) >= 11 is 0. The number of nitrogens with zero attached hydrogens (tertiary/aromatic N) is 2. The number of aryl methyl sites for hydroxylation is 1. The molecule has 21 heavy (non-hydrogen) atoms. The number of hydrogen-bond acceptors (Lipinski definition) is 5. The van der Waals surface area contributed by atoms with Gasteiger partial charge in [-0.2, -0.15) is 4.98 Å². The Balaban J connectivity index is 1.71. The Morgan fingerprint density at radius 1 is 1.29 bits per heavy atom. The van der Waals surface area contributed by atoms with Crippen LogP contribution >= 0.6 is 0 Å². The highest BCUT2D eigenvalue weighted by Gasteiger charge is 2.49. The number of rotatable bonds is 4. The molecule has 0 N–H and O–H groups in total. The summed E-state index contributed by atoms with van der Waals surface area (Å²) in [5.41, 5.74) is 1.95. The molecule has 2 heterocycles. The van der Waals surface area contributed by atoms with Crippen LogP contribution in [0, 0.1) is 6.92 Å². The van der Waals surface area contributed by atoms with Crippen LogP contribution in [0.1, 0.15) is 24.3 Å². The van der Waals surface area contributed by atoms with Gasteiger partial charge < -0.3 is 13.7 Å². The molecule has 0 amide bonds. The van der Waals surface area contributed by atoms with Gasteiger partial charge in [-0.25, -0.2) is 0 Å². The lowest BCUT2D eigenvalue weighted by Crippen LogP contribution is -2.14. The third-order valence-electron chi connectivity index (χ3n) is 4.05. The molecule has 5 nitrogen and oxygen atoms in total. The first kappa shape index (κ1) is 12.6. The molecule has 0 bridgehead atoms. The summed E-state index contributed by atoms with van der Waals surface area (Å²) in [4.78, 5) is 4.50. The molecule has 0 unspecified atom stereocenters. The third kappa shape index (κ3) is 2.05. The molecule has 2 aromatic heterocycles. The number of ether oxygens (including phenoxy) is 1. The van der Waals surface area contributed by atoms with Crippen LogP contribution in [0.5, 0.6) is 0 Å². The molecule has 0 aliphatic heterocycles. The van der Waals surface area contributed by atoms with E-state index in [1.165, 1.54) is 5.56 Å². The van der Waals surface area contributed by atoms with Gasteiger partial charge in [0.1, 0.15) is 5.58 Å². The van der Waals surface area contributed by atoms with E-state index in [0.717, 1.165) is 23.8 Å². The largest absolute Gasteiger partial charge is 0.453 e. The van der Waals surface area contributed by atoms with Crippen molar-refractivity contribution in [2.45, 2.75) is 25.2 Å². The Morgan fingerprint density at radius 2 is 2.14 bits per heavy atom. The Morgan fingerprint density at radius 3 is 2.90 bits per heavy atom. The summed E-state index contributed by atoms with van der Waals surface area (Å²) in [6.45, 7) is 2.67. The molecular formula is C16H16N2O3. The maximum Gasteiger partial charge on any atom is 0.238 e. The number of fused-ring (bicyclic) bond motifs is 1. The van der Waals surface area contributed by atoms with E-state index in [0.29, 0.717) is 24.1 Å². The molecule has 1 saturated carbocycles. The summed E-state index contributed by atoms with van der Waals surface area (Å²) in [5.74, 6) is 1.79. The van der Waals surface area contributed by atoms with E-state index in [9.17, 15) is 0 Å². The van der Waals surface area contributed by atoms with Crippen molar-refractivity contribution in [3.63, 3.8) is 0 Å². The Labute approximate surface area is 121 Å². The van der Waals surface area contributed by atoms with Gasteiger partial charge in [-0.1, -0.05) is 16.8 Å². The van der Waals surface area contributed by atoms with Crippen LogP contribution in [0.25, 0.3) is 22.6 Å². The SMILES string of the molecule is COCC1(c2nc(-c3cc4cc(C)ccc4o3)no2)CC1. The molecule has 0 spiro atoms. The van der Waals surface area contributed by atoms with Crippen molar-refractivity contribution >= 4 is 11.0 Å². The minimum Gasteiger partial charge on any atom is -0.453 e. The molecule has 1 aliphatic carbocycles. The van der Waals surface area contributed by atoms with Crippen LogP contribution in [-0.4, -0.2) is 23.9 Å². The first-order chi connectivity index (χ1) is 10.2. The molecule has 4 rings (SSSR count). The zero-order valence-electron chi connectivity index (χ0n) is 12.0. The van der Waals surface area contributed by atoms with E-state index in [2.05, 4.69) is 23.1 Å². The summed E-state index contributed by atoms with van der Waals surface area (Å²) in [7, 11) is 1.69. The average molecular weight is 284 g/mol. The summed E-state index contributed by atoms with van der Waals surface area (Å²) in [5, 5.41) is 5.11. The number of hydrogen-bond donors (Lipinski definition) is 0. The molecule has 5 heteroatoms. The molecular weight excluding hydrogens is 268 g/mol. The highest BCUT2D eigenvalue weighted by atomic mass is 16.5. The topological polar surface area (TPSA) is 61.3 Å². The standard InChI is InChI=1S/C16H16N2O3/c1-10-3-4-12-11(7-10)8-13(20-12)14-17-15(21-18-14)16(5-6-16)9-19-2/h3-4,7-8H,5-6,9H2,1-2H3. The fraction of sp³-hybridized carbons (Fsp3) is 0.375. The maximum absolute atomic E-state index is 5.80. The summed E-state index contributed by atoms with van der Waals surface area (Å²) in [6.07, 6.45) is 2.06. The van der Waals surface area contributed by atoms with Crippen molar-refractivity contribution < 1.29 is 13.7 Å². The van der Waals surface area contributed by atoms with Crippen LogP contribution in [0.4, 0.5) is 0 Å². The second-order valence-corrected chi connectivity index (χ2v) is 5.79. The molecule has 0 atom stereocenters. The number of benzene rings is 1. The van der Waals surface area contributed by atoms with Gasteiger partial charge in [0.2, 0.25) is 11.7 Å². The van der Waals surface area contributed by atoms with Gasteiger partial charge in [0.15, 0.2) is 5.76 Å². The molecule has 108 valence electrons. The van der Waals surface area contributed by atoms with Crippen LogP contribution in [-0.2, 0) is 10.2 Å². The quantitative estimate of drug-likeness (QED) is 0.734. The van der Waals surface area contributed by atoms with E-state index >= 15 is 0 Å². The van der Waals surface area contributed by atoms with Crippen molar-refractivity contribution in [3.8, 4) is 11.6 Å². The van der Waals surface area contributed by atoms with Gasteiger partial charge in [0.05, 0.1) is 12.0 Å². The smallest absolute Gasteiger partial charge is 0.238 e. The van der Waals surface area contributed by atoms with Gasteiger partial charge >= 0.3 is 0 Å². The van der Waals surface area contributed by atoms with Crippen LogP contribution < -0.4 is 0 Å². The lowest BCUT2D eigenvalue weighted by molar-refractivity contribution is 0.155. The highest BCUT2D eigenvalue weighted by molar-refractivity contribution is 5.82. The Hall–Kier alpha value is -2.14. The maximum atomic E-state index is 5.80. The molecule has 1 aliphatic rings. The Bertz CT molecular complexity index is 799. The van der Waals surface area contributed by atoms with Crippen LogP contribution in [0.15, 0.2) is 33.2 Å². The fourth-order valence-electron chi connectivity index (χ4n) is 2.66. The minimum atomic E-state index is -0.0808. The highest BCUT2D eigenvalue weighted by Crippen LogP contribution is 2.47. The number of aromatic nitrogens is 2. The van der Waals surface area contributed by atoms with Crippen LogP contribution in [0.2, 0.25) is 0 Å². The first-order valence-corrected chi connectivity index (χ1v) is 7.04. The van der Waals surface area contributed by atoms with Crippen molar-refractivity contribution in [2.75, 3.05) is 13.7 Å². The lowest BCUT2D eigenvalue weighted by atomic mass is 10.1. The van der Waals surface area contributed by atoms with E-state index < -0.39 is 0 Å². The van der Waals surface area contributed by atoms with Crippen molar-refractivity contribution in [1.82, 2.24) is 10.1 Å². The van der Waals surface area contributed by atoms with E-state index in [-0.39, 0.29) is 5.41 Å². The van der Waals surface area contributed by atoms with Gasteiger partial charge in [-0.05, 0) is 38.0 Å². The minimum absolute atomic E-state index is 0.0808. The monoisotopic (exact) mass is 284 g/mol. The molecule has 1 aromatic carbocycles. The fourth-order valence-corrected chi connectivity index (χ4v) is 2.66. The zero-order valence-corrected chi connectivity index (χ0v) is 12.0. The third-order valence-corrected chi connectivity index (χ3v) is 4.05. The van der Waals surface area contributed by atoms with Crippen LogP contribution in [0.3, 0.4) is 0 Å². The first-order valence-electron chi connectivity index (χ1n) is 7.04. The average Bonchev–Trinajstić information content (AvgIpc) is 2.92.